The molecule has 0 aliphatic carbocycles. The number of ether oxygens (including phenoxy) is 1. The maximum Gasteiger partial charge on any atom is 0.408 e. The molecule has 2 amide bonds. The number of carbonyl (C=O) groups excluding carboxylic acids is 2. The van der Waals surface area contributed by atoms with Gasteiger partial charge in [-0.05, 0) is 40.0 Å². The van der Waals surface area contributed by atoms with Gasteiger partial charge in [0.05, 0.1) is 6.07 Å². The first-order chi connectivity index (χ1) is 8.81. The van der Waals surface area contributed by atoms with Gasteiger partial charge in [0.2, 0.25) is 5.91 Å². The van der Waals surface area contributed by atoms with Crippen LogP contribution in [0.5, 0.6) is 0 Å². The van der Waals surface area contributed by atoms with Gasteiger partial charge < -0.3 is 15.4 Å². The fraction of sp³-hybridized carbons (Fsp3) is 0.769. The van der Waals surface area contributed by atoms with Gasteiger partial charge in [0, 0.05) is 12.5 Å². The molecule has 1 rings (SSSR count). The smallest absolute Gasteiger partial charge is 0.408 e. The third-order valence-electron chi connectivity index (χ3n) is 2.81. The van der Waals surface area contributed by atoms with Crippen molar-refractivity contribution >= 4 is 12.0 Å². The van der Waals surface area contributed by atoms with Crippen LogP contribution in [0.4, 0.5) is 4.79 Å². The summed E-state index contributed by atoms with van der Waals surface area (Å²) in [6.45, 7) is 5.98. The number of carbonyl (C=O) groups is 2. The highest BCUT2D eigenvalue weighted by atomic mass is 16.6. The fourth-order valence-electron chi connectivity index (χ4n) is 1.91. The molecule has 0 bridgehead atoms. The number of alkyl carbamates (subject to hydrolysis) is 1. The van der Waals surface area contributed by atoms with Crippen LogP contribution in [0, 0.1) is 17.2 Å². The maximum absolute atomic E-state index is 11.5. The van der Waals surface area contributed by atoms with Crippen LogP contribution >= 0.6 is 0 Å². The summed E-state index contributed by atoms with van der Waals surface area (Å²) in [5, 5.41) is 14.2. The first-order valence-electron chi connectivity index (χ1n) is 6.48. The van der Waals surface area contributed by atoms with Crippen molar-refractivity contribution < 1.29 is 14.3 Å². The van der Waals surface area contributed by atoms with Crippen molar-refractivity contribution in [3.8, 4) is 6.07 Å². The Morgan fingerprint density at radius 2 is 2.32 bits per heavy atom. The first kappa shape index (κ1) is 15.3. The number of hydrogen-bond acceptors (Lipinski definition) is 4. The van der Waals surface area contributed by atoms with E-state index in [0.717, 1.165) is 6.42 Å². The van der Waals surface area contributed by atoms with Crippen LogP contribution in [-0.2, 0) is 9.53 Å². The molecule has 2 N–H and O–H groups in total. The zero-order valence-electron chi connectivity index (χ0n) is 11.7. The molecule has 1 heterocycles. The molecule has 2 atom stereocenters. The molecule has 6 nitrogen and oxygen atoms in total. The van der Waals surface area contributed by atoms with Crippen molar-refractivity contribution in [1.82, 2.24) is 10.6 Å². The molecule has 0 spiro atoms. The Hall–Kier alpha value is -1.77. The van der Waals surface area contributed by atoms with Crippen molar-refractivity contribution in [2.45, 2.75) is 51.7 Å². The number of nitrogens with zero attached hydrogens (tertiary/aromatic N) is 1. The normalized spacial score (nSPS) is 20.3. The summed E-state index contributed by atoms with van der Waals surface area (Å²) in [5.74, 6) is -0.00903. The zero-order valence-corrected chi connectivity index (χ0v) is 11.7. The van der Waals surface area contributed by atoms with Gasteiger partial charge in [-0.2, -0.15) is 5.26 Å². The van der Waals surface area contributed by atoms with Crippen molar-refractivity contribution in [1.29, 1.82) is 5.26 Å². The molecule has 0 aromatic heterocycles. The Morgan fingerprint density at radius 3 is 2.79 bits per heavy atom. The van der Waals surface area contributed by atoms with Gasteiger partial charge in [0.1, 0.15) is 11.6 Å². The van der Waals surface area contributed by atoms with Crippen molar-refractivity contribution in [2.75, 3.05) is 6.54 Å². The molecule has 1 fully saturated rings. The van der Waals surface area contributed by atoms with Crippen LogP contribution in [0.1, 0.15) is 40.0 Å². The second-order valence-electron chi connectivity index (χ2n) is 5.68. The van der Waals surface area contributed by atoms with E-state index in [1.807, 2.05) is 6.07 Å². The highest BCUT2D eigenvalue weighted by Crippen LogP contribution is 2.17. The third-order valence-corrected chi connectivity index (χ3v) is 2.81. The molecule has 0 unspecified atom stereocenters. The lowest BCUT2D eigenvalue weighted by Gasteiger charge is -2.21. The third kappa shape index (κ3) is 5.60. The molecule has 0 radical (unpaired) electrons. The van der Waals surface area contributed by atoms with Crippen LogP contribution in [-0.4, -0.2) is 30.2 Å². The van der Waals surface area contributed by atoms with Crippen molar-refractivity contribution in [3.63, 3.8) is 0 Å². The molecule has 0 saturated carbocycles. The van der Waals surface area contributed by atoms with Crippen LogP contribution in [0.25, 0.3) is 0 Å². The van der Waals surface area contributed by atoms with E-state index < -0.39 is 17.7 Å². The van der Waals surface area contributed by atoms with E-state index in [1.54, 1.807) is 20.8 Å². The standard InChI is InChI=1S/C13H21N3O3/c1-13(2,3)19-12(18)16-10(8-14)5-4-9-6-7-15-11(9)17/h9-10H,4-7H2,1-3H3,(H,15,17)(H,16,18)/t9-,10+/m1/s1. The van der Waals surface area contributed by atoms with Crippen LogP contribution in [0.15, 0.2) is 0 Å². The highest BCUT2D eigenvalue weighted by Gasteiger charge is 2.26. The molecule has 19 heavy (non-hydrogen) atoms. The van der Waals surface area contributed by atoms with E-state index in [9.17, 15) is 9.59 Å². The molecule has 1 saturated heterocycles. The second-order valence-corrected chi connectivity index (χ2v) is 5.68. The summed E-state index contributed by atoms with van der Waals surface area (Å²) >= 11 is 0. The summed E-state index contributed by atoms with van der Waals surface area (Å²) in [6, 6.07) is 1.39. The molecular weight excluding hydrogens is 246 g/mol. The predicted octanol–water partition coefficient (Wildman–Crippen LogP) is 1.32. The quantitative estimate of drug-likeness (QED) is 0.803. The maximum atomic E-state index is 11.5. The predicted molar refractivity (Wildman–Crippen MR) is 69.1 cm³/mol. The number of hydrogen-bond donors (Lipinski definition) is 2. The Kier molecular flexibility index (Phi) is 5.16. The SMILES string of the molecule is CC(C)(C)OC(=O)N[C@H](C#N)CC[C@@H]1CCNC1=O. The van der Waals surface area contributed by atoms with E-state index in [0.29, 0.717) is 19.4 Å². The largest absolute Gasteiger partial charge is 0.444 e. The fourth-order valence-corrected chi connectivity index (χ4v) is 1.91. The number of amides is 2. The molecule has 1 aliphatic rings. The van der Waals surface area contributed by atoms with E-state index in [4.69, 9.17) is 10.00 Å². The van der Waals surface area contributed by atoms with Gasteiger partial charge in [-0.1, -0.05) is 0 Å². The van der Waals surface area contributed by atoms with E-state index >= 15 is 0 Å². The van der Waals surface area contributed by atoms with Gasteiger partial charge in [-0.15, -0.1) is 0 Å². The lowest BCUT2D eigenvalue weighted by Crippen LogP contribution is -2.38. The van der Waals surface area contributed by atoms with Gasteiger partial charge in [-0.25, -0.2) is 4.79 Å². The van der Waals surface area contributed by atoms with Crippen LogP contribution in [0.3, 0.4) is 0 Å². The summed E-state index contributed by atoms with van der Waals surface area (Å²) < 4.78 is 5.08. The Morgan fingerprint density at radius 1 is 1.63 bits per heavy atom. The van der Waals surface area contributed by atoms with Crippen LogP contribution in [0.2, 0.25) is 0 Å². The zero-order chi connectivity index (χ0) is 14.5. The van der Waals surface area contributed by atoms with Crippen molar-refractivity contribution in [2.24, 2.45) is 5.92 Å². The minimum Gasteiger partial charge on any atom is -0.444 e. The summed E-state index contributed by atoms with van der Waals surface area (Å²) in [6.07, 6.45) is 1.24. The summed E-state index contributed by atoms with van der Waals surface area (Å²) in [4.78, 5) is 22.9. The molecule has 0 aromatic rings. The lowest BCUT2D eigenvalue weighted by molar-refractivity contribution is -0.122. The average molecular weight is 267 g/mol. The molecule has 1 aliphatic heterocycles. The lowest BCUT2D eigenvalue weighted by atomic mass is 9.99. The number of rotatable bonds is 4. The monoisotopic (exact) mass is 267 g/mol. The second kappa shape index (κ2) is 6.41. The molecule has 106 valence electrons. The Bertz CT molecular complexity index is 382. The molecule has 6 heteroatoms. The van der Waals surface area contributed by atoms with Gasteiger partial charge in [0.25, 0.3) is 0 Å². The first-order valence-corrected chi connectivity index (χ1v) is 6.48. The topological polar surface area (TPSA) is 91.2 Å². The Balaban J connectivity index is 2.36. The summed E-state index contributed by atoms with van der Waals surface area (Å²) in [7, 11) is 0. The number of nitrogens with one attached hydrogen (secondary N) is 2. The minimum absolute atomic E-state index is 0.0361. The van der Waals surface area contributed by atoms with Gasteiger partial charge in [0.15, 0.2) is 0 Å². The van der Waals surface area contributed by atoms with Gasteiger partial charge in [-0.3, -0.25) is 4.79 Å². The molecular formula is C13H21N3O3. The van der Waals surface area contributed by atoms with E-state index in [-0.39, 0.29) is 11.8 Å². The van der Waals surface area contributed by atoms with Gasteiger partial charge >= 0.3 is 6.09 Å². The van der Waals surface area contributed by atoms with Crippen LogP contribution < -0.4 is 10.6 Å². The van der Waals surface area contributed by atoms with Crippen molar-refractivity contribution in [3.05, 3.63) is 0 Å². The Labute approximate surface area is 113 Å². The number of nitriles is 1. The minimum atomic E-state index is -0.622. The average Bonchev–Trinajstić information content (AvgIpc) is 2.67. The van der Waals surface area contributed by atoms with E-state index in [1.165, 1.54) is 0 Å². The molecule has 0 aromatic carbocycles. The summed E-state index contributed by atoms with van der Waals surface area (Å²) in [5.41, 5.74) is -0.588. The van der Waals surface area contributed by atoms with E-state index in [2.05, 4.69) is 10.6 Å². The highest BCUT2D eigenvalue weighted by molar-refractivity contribution is 5.80.